The summed E-state index contributed by atoms with van der Waals surface area (Å²) in [4.78, 5) is 0. The van der Waals surface area contributed by atoms with Crippen LogP contribution in [0.4, 0.5) is 5.69 Å². The molecule has 2 aromatic carbocycles. The van der Waals surface area contributed by atoms with E-state index in [0.29, 0.717) is 5.88 Å². The molecule has 0 aliphatic carbocycles. The third kappa shape index (κ3) is 4.85. The van der Waals surface area contributed by atoms with E-state index in [0.717, 1.165) is 5.69 Å². The summed E-state index contributed by atoms with van der Waals surface area (Å²) in [5.41, 5.74) is 8.68. The molecule has 0 fully saturated rings. The van der Waals surface area contributed by atoms with E-state index in [1.807, 2.05) is 61.5 Å². The van der Waals surface area contributed by atoms with Gasteiger partial charge in [-0.3, -0.25) is 0 Å². The number of nitrogens with two attached hydrogens (primary N) is 1. The smallest absolute Gasteiger partial charge is 0.0474 e. The SMILES string of the molecule is Cc1ccc(N)cc1.ClCc1ccccc1. The predicted molar refractivity (Wildman–Crippen MR) is 71.6 cm³/mol. The summed E-state index contributed by atoms with van der Waals surface area (Å²) in [6, 6.07) is 17.8. The normalized spacial score (nSPS) is 9.12. The lowest BCUT2D eigenvalue weighted by atomic mass is 10.2. The van der Waals surface area contributed by atoms with Crippen molar-refractivity contribution in [1.29, 1.82) is 0 Å². The Morgan fingerprint density at radius 2 is 1.50 bits per heavy atom. The zero-order chi connectivity index (χ0) is 11.8. The number of halogens is 1. The van der Waals surface area contributed by atoms with Crippen molar-refractivity contribution < 1.29 is 0 Å². The average Bonchev–Trinajstić information content (AvgIpc) is 2.35. The highest BCUT2D eigenvalue weighted by Gasteiger charge is 1.81. The summed E-state index contributed by atoms with van der Waals surface area (Å²) in [5, 5.41) is 0. The van der Waals surface area contributed by atoms with Crippen molar-refractivity contribution in [2.45, 2.75) is 12.8 Å². The third-order valence-electron chi connectivity index (χ3n) is 2.07. The molecule has 0 aliphatic rings. The molecule has 0 aromatic heterocycles. The summed E-state index contributed by atoms with van der Waals surface area (Å²) in [6.45, 7) is 2.04. The minimum atomic E-state index is 0.612. The highest BCUT2D eigenvalue weighted by Crippen LogP contribution is 2.02. The molecule has 0 saturated carbocycles. The summed E-state index contributed by atoms with van der Waals surface area (Å²) in [6.07, 6.45) is 0. The van der Waals surface area contributed by atoms with E-state index in [9.17, 15) is 0 Å². The zero-order valence-corrected chi connectivity index (χ0v) is 10.1. The molecule has 16 heavy (non-hydrogen) atoms. The first kappa shape index (κ1) is 12.6. The number of anilines is 1. The fourth-order valence-corrected chi connectivity index (χ4v) is 1.31. The molecular weight excluding hydrogens is 218 g/mol. The van der Waals surface area contributed by atoms with Gasteiger partial charge in [0.15, 0.2) is 0 Å². The molecule has 0 unspecified atom stereocenters. The fourth-order valence-electron chi connectivity index (χ4n) is 1.13. The van der Waals surface area contributed by atoms with Crippen LogP contribution in [0.3, 0.4) is 0 Å². The predicted octanol–water partition coefficient (Wildman–Crippen LogP) is 4.00. The van der Waals surface area contributed by atoms with Crippen molar-refractivity contribution in [2.24, 2.45) is 0 Å². The quantitative estimate of drug-likeness (QED) is 0.585. The van der Waals surface area contributed by atoms with Gasteiger partial charge in [0, 0.05) is 11.6 Å². The first-order valence-corrected chi connectivity index (χ1v) is 5.68. The van der Waals surface area contributed by atoms with Crippen molar-refractivity contribution in [3.05, 3.63) is 65.7 Å². The maximum Gasteiger partial charge on any atom is 0.0474 e. The van der Waals surface area contributed by atoms with Crippen LogP contribution < -0.4 is 5.73 Å². The first-order valence-electron chi connectivity index (χ1n) is 5.14. The first-order chi connectivity index (χ1) is 7.72. The Bertz CT molecular complexity index is 374. The van der Waals surface area contributed by atoms with Crippen LogP contribution in [0.25, 0.3) is 0 Å². The summed E-state index contributed by atoms with van der Waals surface area (Å²) >= 11 is 5.53. The van der Waals surface area contributed by atoms with Crippen LogP contribution in [0, 0.1) is 6.92 Å². The van der Waals surface area contributed by atoms with E-state index in [-0.39, 0.29) is 0 Å². The van der Waals surface area contributed by atoms with Gasteiger partial charge >= 0.3 is 0 Å². The van der Waals surface area contributed by atoms with E-state index in [1.165, 1.54) is 11.1 Å². The van der Waals surface area contributed by atoms with Gasteiger partial charge in [0.1, 0.15) is 0 Å². The Morgan fingerprint density at radius 1 is 0.938 bits per heavy atom. The number of aryl methyl sites for hydroxylation is 1. The molecule has 2 N–H and O–H groups in total. The molecule has 0 amide bonds. The average molecular weight is 234 g/mol. The monoisotopic (exact) mass is 233 g/mol. The van der Waals surface area contributed by atoms with Gasteiger partial charge in [-0.1, -0.05) is 48.0 Å². The molecular formula is C14H16ClN. The molecule has 0 radical (unpaired) electrons. The van der Waals surface area contributed by atoms with Crippen LogP contribution in [0.1, 0.15) is 11.1 Å². The minimum Gasteiger partial charge on any atom is -0.399 e. The molecule has 2 rings (SSSR count). The fraction of sp³-hybridized carbons (Fsp3) is 0.143. The van der Waals surface area contributed by atoms with Gasteiger partial charge < -0.3 is 5.73 Å². The molecule has 84 valence electrons. The van der Waals surface area contributed by atoms with Crippen LogP contribution in [0.15, 0.2) is 54.6 Å². The number of nitrogen functional groups attached to an aromatic ring is 1. The molecule has 0 atom stereocenters. The van der Waals surface area contributed by atoms with E-state index >= 15 is 0 Å². The van der Waals surface area contributed by atoms with Gasteiger partial charge in [0.25, 0.3) is 0 Å². The van der Waals surface area contributed by atoms with Crippen molar-refractivity contribution in [3.8, 4) is 0 Å². The molecule has 0 saturated heterocycles. The molecule has 1 nitrogen and oxygen atoms in total. The lowest BCUT2D eigenvalue weighted by Gasteiger charge is -1.90. The Hall–Kier alpha value is -1.47. The molecule has 0 bridgehead atoms. The third-order valence-corrected chi connectivity index (χ3v) is 2.38. The number of rotatable bonds is 1. The van der Waals surface area contributed by atoms with Crippen LogP contribution in [0.2, 0.25) is 0 Å². The van der Waals surface area contributed by atoms with Gasteiger partial charge in [0.05, 0.1) is 0 Å². The maximum absolute atomic E-state index is 5.53. The lowest BCUT2D eigenvalue weighted by Crippen LogP contribution is -1.81. The van der Waals surface area contributed by atoms with E-state index in [2.05, 4.69) is 0 Å². The molecule has 2 aromatic rings. The van der Waals surface area contributed by atoms with Crippen LogP contribution in [-0.2, 0) is 5.88 Å². The van der Waals surface area contributed by atoms with Crippen molar-refractivity contribution >= 4 is 17.3 Å². The summed E-state index contributed by atoms with van der Waals surface area (Å²) < 4.78 is 0. The standard InChI is InChI=1S/C7H7Cl.C7H9N/c8-6-7-4-2-1-3-5-7;1-6-2-4-7(8)5-3-6/h1-5H,6H2;2-5H,8H2,1H3. The number of benzene rings is 2. The largest absolute Gasteiger partial charge is 0.399 e. The number of hydrogen-bond acceptors (Lipinski definition) is 1. The van der Waals surface area contributed by atoms with Gasteiger partial charge in [0.2, 0.25) is 0 Å². The Labute approximate surface area is 102 Å². The van der Waals surface area contributed by atoms with Crippen molar-refractivity contribution in [3.63, 3.8) is 0 Å². The van der Waals surface area contributed by atoms with Gasteiger partial charge in [-0.25, -0.2) is 0 Å². The molecule has 0 heterocycles. The highest BCUT2D eigenvalue weighted by atomic mass is 35.5. The molecule has 0 aliphatic heterocycles. The van der Waals surface area contributed by atoms with Gasteiger partial charge in [-0.15, -0.1) is 11.6 Å². The lowest BCUT2D eigenvalue weighted by molar-refractivity contribution is 1.41. The van der Waals surface area contributed by atoms with Gasteiger partial charge in [-0.05, 0) is 24.6 Å². The Balaban J connectivity index is 0.000000160. The van der Waals surface area contributed by atoms with Crippen LogP contribution in [-0.4, -0.2) is 0 Å². The van der Waals surface area contributed by atoms with Crippen molar-refractivity contribution in [2.75, 3.05) is 5.73 Å². The second kappa shape index (κ2) is 6.91. The second-order valence-electron chi connectivity index (χ2n) is 3.53. The Morgan fingerprint density at radius 3 is 1.88 bits per heavy atom. The maximum atomic E-state index is 5.53. The summed E-state index contributed by atoms with van der Waals surface area (Å²) in [5.74, 6) is 0.612. The summed E-state index contributed by atoms with van der Waals surface area (Å²) in [7, 11) is 0. The topological polar surface area (TPSA) is 26.0 Å². The van der Waals surface area contributed by atoms with Crippen molar-refractivity contribution in [1.82, 2.24) is 0 Å². The van der Waals surface area contributed by atoms with Crippen LogP contribution >= 0.6 is 11.6 Å². The van der Waals surface area contributed by atoms with Crippen LogP contribution in [0.5, 0.6) is 0 Å². The Kier molecular flexibility index (Phi) is 5.44. The van der Waals surface area contributed by atoms with E-state index < -0.39 is 0 Å². The second-order valence-corrected chi connectivity index (χ2v) is 3.80. The number of hydrogen-bond donors (Lipinski definition) is 1. The molecule has 2 heteroatoms. The molecule has 0 spiro atoms. The highest BCUT2D eigenvalue weighted by molar-refractivity contribution is 6.17. The van der Waals surface area contributed by atoms with E-state index in [4.69, 9.17) is 17.3 Å². The minimum absolute atomic E-state index is 0.612. The van der Waals surface area contributed by atoms with E-state index in [1.54, 1.807) is 0 Å². The number of alkyl halides is 1. The zero-order valence-electron chi connectivity index (χ0n) is 9.36. The van der Waals surface area contributed by atoms with Gasteiger partial charge in [-0.2, -0.15) is 0 Å².